The Morgan fingerprint density at radius 3 is 2.70 bits per heavy atom. The lowest BCUT2D eigenvalue weighted by atomic mass is 9.87. The molecule has 2 aromatic rings. The highest BCUT2D eigenvalue weighted by Gasteiger charge is 2.18. The summed E-state index contributed by atoms with van der Waals surface area (Å²) in [5.74, 6) is 0. The summed E-state index contributed by atoms with van der Waals surface area (Å²) in [5, 5.41) is 4.52. The third-order valence-electron chi connectivity index (χ3n) is 4.09. The molecule has 20 heavy (non-hydrogen) atoms. The lowest BCUT2D eigenvalue weighted by molar-refractivity contribution is 0.463. The van der Waals surface area contributed by atoms with Crippen LogP contribution >= 0.6 is 11.6 Å². The molecular formula is C18H20ClN. The van der Waals surface area contributed by atoms with Crippen molar-refractivity contribution in [3.8, 4) is 0 Å². The molecule has 2 aromatic carbocycles. The fourth-order valence-corrected chi connectivity index (χ4v) is 3.13. The maximum atomic E-state index is 5.91. The zero-order chi connectivity index (χ0) is 13.8. The molecule has 1 nitrogen and oxygen atoms in total. The molecule has 2 heteroatoms. The molecule has 0 amide bonds. The number of benzene rings is 2. The van der Waals surface area contributed by atoms with E-state index < -0.39 is 0 Å². The van der Waals surface area contributed by atoms with E-state index in [-0.39, 0.29) is 0 Å². The largest absolute Gasteiger partial charge is 0.310 e. The van der Waals surface area contributed by atoms with Gasteiger partial charge in [0.05, 0.1) is 0 Å². The molecule has 3 rings (SSSR count). The quantitative estimate of drug-likeness (QED) is 0.869. The van der Waals surface area contributed by atoms with Crippen molar-refractivity contribution in [1.82, 2.24) is 5.32 Å². The van der Waals surface area contributed by atoms with Crippen LogP contribution in [0.1, 0.15) is 35.6 Å². The first-order valence-electron chi connectivity index (χ1n) is 7.38. The summed E-state index contributed by atoms with van der Waals surface area (Å²) in [6, 6.07) is 17.5. The van der Waals surface area contributed by atoms with Gasteiger partial charge in [-0.2, -0.15) is 0 Å². The molecule has 0 saturated carbocycles. The van der Waals surface area contributed by atoms with Crippen molar-refractivity contribution in [3.05, 3.63) is 70.2 Å². The first-order chi connectivity index (χ1) is 9.83. The van der Waals surface area contributed by atoms with E-state index in [9.17, 15) is 0 Å². The highest BCUT2D eigenvalue weighted by molar-refractivity contribution is 6.30. The Bertz CT molecular complexity index is 562. The van der Waals surface area contributed by atoms with E-state index in [1.807, 2.05) is 12.1 Å². The summed E-state index contributed by atoms with van der Waals surface area (Å²) < 4.78 is 0. The molecule has 0 aliphatic heterocycles. The Labute approximate surface area is 126 Å². The van der Waals surface area contributed by atoms with Gasteiger partial charge in [-0.05, 0) is 61.1 Å². The van der Waals surface area contributed by atoms with Crippen LogP contribution in [-0.4, -0.2) is 6.54 Å². The molecule has 1 atom stereocenters. The summed E-state index contributed by atoms with van der Waals surface area (Å²) in [6.07, 6.45) is 4.81. The second kappa shape index (κ2) is 6.43. The summed E-state index contributed by atoms with van der Waals surface area (Å²) in [4.78, 5) is 0. The maximum absolute atomic E-state index is 5.91. The maximum Gasteiger partial charge on any atom is 0.0406 e. The van der Waals surface area contributed by atoms with Crippen molar-refractivity contribution in [2.24, 2.45) is 0 Å². The second-order valence-electron chi connectivity index (χ2n) is 5.47. The standard InChI is InChI=1S/C18H20ClN/c19-16-10-8-14(9-11-16)12-13-20-18-7-3-5-15-4-1-2-6-17(15)18/h1-2,4,6,8-11,18,20H,3,5,7,12-13H2. The van der Waals surface area contributed by atoms with E-state index >= 15 is 0 Å². The lowest BCUT2D eigenvalue weighted by Crippen LogP contribution is -2.27. The summed E-state index contributed by atoms with van der Waals surface area (Å²) >= 11 is 5.91. The average molecular weight is 286 g/mol. The third kappa shape index (κ3) is 3.23. The number of aryl methyl sites for hydroxylation is 1. The number of hydrogen-bond acceptors (Lipinski definition) is 1. The van der Waals surface area contributed by atoms with Gasteiger partial charge in [0, 0.05) is 11.1 Å². The Hall–Kier alpha value is -1.31. The minimum atomic E-state index is 0.521. The van der Waals surface area contributed by atoms with Gasteiger partial charge in [-0.1, -0.05) is 48.0 Å². The number of halogens is 1. The molecule has 0 saturated heterocycles. The van der Waals surface area contributed by atoms with Gasteiger partial charge in [0.15, 0.2) is 0 Å². The van der Waals surface area contributed by atoms with Gasteiger partial charge in [-0.15, -0.1) is 0 Å². The Balaban J connectivity index is 1.58. The van der Waals surface area contributed by atoms with Crippen LogP contribution in [0.3, 0.4) is 0 Å². The van der Waals surface area contributed by atoms with Crippen molar-refractivity contribution in [3.63, 3.8) is 0 Å². The Morgan fingerprint density at radius 1 is 1.05 bits per heavy atom. The minimum absolute atomic E-state index is 0.521. The van der Waals surface area contributed by atoms with Crippen LogP contribution in [-0.2, 0) is 12.8 Å². The van der Waals surface area contributed by atoms with Crippen LogP contribution in [0.2, 0.25) is 5.02 Å². The van der Waals surface area contributed by atoms with Crippen molar-refractivity contribution < 1.29 is 0 Å². The molecule has 1 aliphatic rings. The predicted molar refractivity (Wildman–Crippen MR) is 85.3 cm³/mol. The fraction of sp³-hybridized carbons (Fsp3) is 0.333. The van der Waals surface area contributed by atoms with Crippen molar-refractivity contribution in [1.29, 1.82) is 0 Å². The van der Waals surface area contributed by atoms with Gasteiger partial charge >= 0.3 is 0 Å². The highest BCUT2D eigenvalue weighted by atomic mass is 35.5. The minimum Gasteiger partial charge on any atom is -0.310 e. The van der Waals surface area contributed by atoms with Crippen LogP contribution in [0.4, 0.5) is 0 Å². The average Bonchev–Trinajstić information content (AvgIpc) is 2.49. The van der Waals surface area contributed by atoms with Gasteiger partial charge in [0.2, 0.25) is 0 Å². The Morgan fingerprint density at radius 2 is 1.85 bits per heavy atom. The molecule has 0 fully saturated rings. The molecule has 0 aromatic heterocycles. The molecule has 1 unspecified atom stereocenters. The number of fused-ring (bicyclic) bond motifs is 1. The highest BCUT2D eigenvalue weighted by Crippen LogP contribution is 2.29. The first kappa shape index (κ1) is 13.7. The monoisotopic (exact) mass is 285 g/mol. The second-order valence-corrected chi connectivity index (χ2v) is 5.91. The molecule has 1 aliphatic carbocycles. The van der Waals surface area contributed by atoms with Crippen LogP contribution in [0.5, 0.6) is 0 Å². The Kier molecular flexibility index (Phi) is 4.39. The van der Waals surface area contributed by atoms with Crippen LogP contribution in [0, 0.1) is 0 Å². The van der Waals surface area contributed by atoms with Crippen LogP contribution in [0.25, 0.3) is 0 Å². The number of hydrogen-bond donors (Lipinski definition) is 1. The molecule has 0 radical (unpaired) electrons. The summed E-state index contributed by atoms with van der Waals surface area (Å²) in [7, 11) is 0. The van der Waals surface area contributed by atoms with Crippen molar-refractivity contribution in [2.75, 3.05) is 6.54 Å². The summed E-state index contributed by atoms with van der Waals surface area (Å²) in [5.41, 5.74) is 4.35. The van der Waals surface area contributed by atoms with E-state index in [2.05, 4.69) is 41.7 Å². The zero-order valence-corrected chi connectivity index (χ0v) is 12.4. The normalized spacial score (nSPS) is 17.8. The molecule has 1 N–H and O–H groups in total. The lowest BCUT2D eigenvalue weighted by Gasteiger charge is -2.26. The van der Waals surface area contributed by atoms with Crippen LogP contribution < -0.4 is 5.32 Å². The molecule has 0 heterocycles. The van der Waals surface area contributed by atoms with Gasteiger partial charge in [-0.25, -0.2) is 0 Å². The van der Waals surface area contributed by atoms with Gasteiger partial charge < -0.3 is 5.32 Å². The van der Waals surface area contributed by atoms with Gasteiger partial charge in [0.1, 0.15) is 0 Å². The zero-order valence-electron chi connectivity index (χ0n) is 11.6. The SMILES string of the molecule is Clc1ccc(CCNC2CCCc3ccccc32)cc1. The van der Waals surface area contributed by atoms with Crippen LogP contribution in [0.15, 0.2) is 48.5 Å². The third-order valence-corrected chi connectivity index (χ3v) is 4.34. The first-order valence-corrected chi connectivity index (χ1v) is 7.76. The van der Waals surface area contributed by atoms with E-state index in [0.717, 1.165) is 18.0 Å². The fourth-order valence-electron chi connectivity index (χ4n) is 3.01. The van der Waals surface area contributed by atoms with Crippen molar-refractivity contribution in [2.45, 2.75) is 31.7 Å². The number of nitrogens with one attached hydrogen (secondary N) is 1. The molecule has 0 spiro atoms. The molecule has 0 bridgehead atoms. The predicted octanol–water partition coefficient (Wildman–Crippen LogP) is 4.55. The summed E-state index contributed by atoms with van der Waals surface area (Å²) in [6.45, 7) is 1.01. The van der Waals surface area contributed by atoms with E-state index in [4.69, 9.17) is 11.6 Å². The van der Waals surface area contributed by atoms with E-state index in [1.54, 1.807) is 0 Å². The molecule has 104 valence electrons. The van der Waals surface area contributed by atoms with Crippen molar-refractivity contribution >= 4 is 11.6 Å². The van der Waals surface area contributed by atoms with E-state index in [1.165, 1.54) is 36.0 Å². The molecular weight excluding hydrogens is 266 g/mol. The number of rotatable bonds is 4. The smallest absolute Gasteiger partial charge is 0.0406 e. The van der Waals surface area contributed by atoms with Gasteiger partial charge in [0.25, 0.3) is 0 Å². The van der Waals surface area contributed by atoms with E-state index in [0.29, 0.717) is 6.04 Å². The topological polar surface area (TPSA) is 12.0 Å². The van der Waals surface area contributed by atoms with Gasteiger partial charge in [-0.3, -0.25) is 0 Å².